The molecule has 0 heterocycles. The Morgan fingerprint density at radius 2 is 1.78 bits per heavy atom. The van der Waals surface area contributed by atoms with E-state index in [0.717, 1.165) is 13.0 Å². The molecule has 0 aliphatic carbocycles. The van der Waals surface area contributed by atoms with E-state index < -0.39 is 17.2 Å². The first kappa shape index (κ1) is 19.5. The van der Waals surface area contributed by atoms with Crippen molar-refractivity contribution in [3.05, 3.63) is 35.9 Å². The van der Waals surface area contributed by atoms with Crippen LogP contribution in [0, 0.1) is 0 Å². The molecule has 0 saturated carbocycles. The van der Waals surface area contributed by atoms with E-state index in [1.54, 1.807) is 0 Å². The standard InChI is InChI=1S/C18H31N3O2/c1-17(2,3)23-16(22)21-18(4,5)11-15(12-19)20-13-14-9-7-6-8-10-14/h6-10,15,20H,11-13,19H2,1-5H3,(H,21,22). The van der Waals surface area contributed by atoms with Crippen LogP contribution in [0.2, 0.25) is 0 Å². The highest BCUT2D eigenvalue weighted by atomic mass is 16.6. The Balaban J connectivity index is 2.50. The molecule has 0 aliphatic rings. The number of benzene rings is 1. The summed E-state index contributed by atoms with van der Waals surface area (Å²) < 4.78 is 5.32. The quantitative estimate of drug-likeness (QED) is 0.722. The minimum Gasteiger partial charge on any atom is -0.444 e. The van der Waals surface area contributed by atoms with E-state index in [4.69, 9.17) is 10.5 Å². The van der Waals surface area contributed by atoms with Gasteiger partial charge in [-0.05, 0) is 46.6 Å². The first-order chi connectivity index (χ1) is 10.6. The Kier molecular flexibility index (Phi) is 7.03. The molecule has 0 saturated heterocycles. The molecule has 4 N–H and O–H groups in total. The molecule has 0 fully saturated rings. The van der Waals surface area contributed by atoms with Gasteiger partial charge in [-0.3, -0.25) is 0 Å². The van der Waals surface area contributed by atoms with Gasteiger partial charge in [-0.1, -0.05) is 30.3 Å². The maximum Gasteiger partial charge on any atom is 0.408 e. The van der Waals surface area contributed by atoms with E-state index in [2.05, 4.69) is 22.8 Å². The SMILES string of the molecule is CC(C)(CC(CN)NCc1ccccc1)NC(=O)OC(C)(C)C. The molecule has 1 atom stereocenters. The fraction of sp³-hybridized carbons (Fsp3) is 0.611. The zero-order valence-corrected chi connectivity index (χ0v) is 15.0. The molecule has 0 bridgehead atoms. The predicted octanol–water partition coefficient (Wildman–Crippen LogP) is 2.80. The van der Waals surface area contributed by atoms with Gasteiger partial charge in [0.05, 0.1) is 0 Å². The van der Waals surface area contributed by atoms with Crippen LogP contribution in [-0.2, 0) is 11.3 Å². The van der Waals surface area contributed by atoms with Crippen LogP contribution in [0.5, 0.6) is 0 Å². The Morgan fingerprint density at radius 3 is 2.30 bits per heavy atom. The molecule has 0 aliphatic heterocycles. The van der Waals surface area contributed by atoms with Crippen LogP contribution in [0.3, 0.4) is 0 Å². The lowest BCUT2D eigenvalue weighted by molar-refractivity contribution is 0.0463. The number of amides is 1. The van der Waals surface area contributed by atoms with Gasteiger partial charge in [-0.25, -0.2) is 4.79 Å². The van der Waals surface area contributed by atoms with Crippen LogP contribution >= 0.6 is 0 Å². The van der Waals surface area contributed by atoms with Crippen molar-refractivity contribution in [2.24, 2.45) is 5.73 Å². The fourth-order valence-electron chi connectivity index (χ4n) is 2.34. The molecule has 1 unspecified atom stereocenters. The minimum absolute atomic E-state index is 0.111. The molecule has 0 spiro atoms. The Hall–Kier alpha value is -1.59. The number of ether oxygens (including phenoxy) is 1. The minimum atomic E-state index is -0.501. The average Bonchev–Trinajstić information content (AvgIpc) is 2.41. The van der Waals surface area contributed by atoms with Gasteiger partial charge in [-0.15, -0.1) is 0 Å². The highest BCUT2D eigenvalue weighted by molar-refractivity contribution is 5.68. The lowest BCUT2D eigenvalue weighted by Gasteiger charge is -2.32. The van der Waals surface area contributed by atoms with Gasteiger partial charge in [0.2, 0.25) is 0 Å². The molecule has 5 nitrogen and oxygen atoms in total. The largest absolute Gasteiger partial charge is 0.444 e. The molecule has 130 valence electrons. The van der Waals surface area contributed by atoms with Gasteiger partial charge in [-0.2, -0.15) is 0 Å². The normalized spacial score (nSPS) is 13.5. The van der Waals surface area contributed by atoms with Crippen LogP contribution < -0.4 is 16.4 Å². The lowest BCUT2D eigenvalue weighted by atomic mass is 9.95. The number of carbonyl (C=O) groups excluding carboxylic acids is 1. The number of hydrogen-bond acceptors (Lipinski definition) is 4. The molecule has 0 radical (unpaired) electrons. The highest BCUT2D eigenvalue weighted by Gasteiger charge is 2.27. The topological polar surface area (TPSA) is 76.4 Å². The summed E-state index contributed by atoms with van der Waals surface area (Å²) in [5.41, 5.74) is 6.17. The van der Waals surface area contributed by atoms with Crippen molar-refractivity contribution in [1.29, 1.82) is 0 Å². The van der Waals surface area contributed by atoms with Crippen molar-refractivity contribution >= 4 is 6.09 Å². The summed E-state index contributed by atoms with van der Waals surface area (Å²) in [6, 6.07) is 10.3. The zero-order chi connectivity index (χ0) is 17.5. The molecule has 1 rings (SSSR count). The molecule has 1 amide bonds. The summed E-state index contributed by atoms with van der Waals surface area (Å²) in [6.07, 6.45) is 0.316. The van der Waals surface area contributed by atoms with Gasteiger partial charge >= 0.3 is 6.09 Å². The molecule has 1 aromatic rings. The highest BCUT2D eigenvalue weighted by Crippen LogP contribution is 2.14. The summed E-state index contributed by atoms with van der Waals surface area (Å²) in [5, 5.41) is 6.37. The van der Waals surface area contributed by atoms with Crippen molar-refractivity contribution in [2.75, 3.05) is 6.54 Å². The van der Waals surface area contributed by atoms with E-state index in [0.29, 0.717) is 6.54 Å². The second kappa shape index (κ2) is 8.31. The fourth-order valence-corrected chi connectivity index (χ4v) is 2.34. The number of nitrogens with one attached hydrogen (secondary N) is 2. The van der Waals surface area contributed by atoms with Crippen molar-refractivity contribution in [3.63, 3.8) is 0 Å². The van der Waals surface area contributed by atoms with E-state index in [1.165, 1.54) is 5.56 Å². The molecule has 23 heavy (non-hydrogen) atoms. The maximum atomic E-state index is 11.9. The van der Waals surface area contributed by atoms with Crippen LogP contribution in [0.1, 0.15) is 46.6 Å². The zero-order valence-electron chi connectivity index (χ0n) is 15.0. The van der Waals surface area contributed by atoms with Crippen LogP contribution in [0.25, 0.3) is 0 Å². The van der Waals surface area contributed by atoms with Gasteiger partial charge in [0.1, 0.15) is 5.60 Å². The molecule has 0 aromatic heterocycles. The lowest BCUT2D eigenvalue weighted by Crippen LogP contribution is -2.51. The number of carbonyl (C=O) groups is 1. The monoisotopic (exact) mass is 321 g/mol. The summed E-state index contributed by atoms with van der Waals surface area (Å²) in [5.74, 6) is 0. The first-order valence-electron chi connectivity index (χ1n) is 8.10. The third kappa shape index (κ3) is 8.57. The summed E-state index contributed by atoms with van der Waals surface area (Å²) in [4.78, 5) is 11.9. The van der Waals surface area contributed by atoms with Crippen molar-refractivity contribution < 1.29 is 9.53 Å². The second-order valence-electron chi connectivity index (χ2n) is 7.51. The van der Waals surface area contributed by atoms with Crippen molar-refractivity contribution in [1.82, 2.24) is 10.6 Å². The van der Waals surface area contributed by atoms with Gasteiger partial charge in [0, 0.05) is 24.7 Å². The van der Waals surface area contributed by atoms with Crippen LogP contribution in [-0.4, -0.2) is 29.8 Å². The Morgan fingerprint density at radius 1 is 1.17 bits per heavy atom. The molecule has 1 aromatic carbocycles. The van der Waals surface area contributed by atoms with Gasteiger partial charge in [0.25, 0.3) is 0 Å². The van der Waals surface area contributed by atoms with Crippen molar-refractivity contribution in [2.45, 2.75) is 64.8 Å². The smallest absolute Gasteiger partial charge is 0.408 e. The second-order valence-corrected chi connectivity index (χ2v) is 7.51. The summed E-state index contributed by atoms with van der Waals surface area (Å²) in [6.45, 7) is 10.8. The van der Waals surface area contributed by atoms with Gasteiger partial charge in [0.15, 0.2) is 0 Å². The summed E-state index contributed by atoms with van der Waals surface area (Å²) in [7, 11) is 0. The Bertz CT molecular complexity index is 481. The number of rotatable bonds is 7. The molecular formula is C18H31N3O2. The average molecular weight is 321 g/mol. The van der Waals surface area contributed by atoms with Crippen LogP contribution in [0.15, 0.2) is 30.3 Å². The number of alkyl carbamates (subject to hydrolysis) is 1. The van der Waals surface area contributed by atoms with Crippen molar-refractivity contribution in [3.8, 4) is 0 Å². The third-order valence-electron chi connectivity index (χ3n) is 3.32. The van der Waals surface area contributed by atoms with Crippen LogP contribution in [0.4, 0.5) is 4.79 Å². The van der Waals surface area contributed by atoms with E-state index >= 15 is 0 Å². The molecular weight excluding hydrogens is 290 g/mol. The van der Waals surface area contributed by atoms with E-state index in [-0.39, 0.29) is 6.04 Å². The number of hydrogen-bond donors (Lipinski definition) is 3. The van der Waals surface area contributed by atoms with E-state index in [1.807, 2.05) is 52.8 Å². The summed E-state index contributed by atoms with van der Waals surface area (Å²) >= 11 is 0. The third-order valence-corrected chi connectivity index (χ3v) is 3.32. The first-order valence-corrected chi connectivity index (χ1v) is 8.10. The van der Waals surface area contributed by atoms with E-state index in [9.17, 15) is 4.79 Å². The molecule has 5 heteroatoms. The maximum absolute atomic E-state index is 11.9. The van der Waals surface area contributed by atoms with Gasteiger partial charge < -0.3 is 21.1 Å². The Labute approximate surface area is 140 Å². The predicted molar refractivity (Wildman–Crippen MR) is 94.2 cm³/mol. The number of nitrogens with two attached hydrogens (primary N) is 1.